The van der Waals surface area contributed by atoms with Crippen molar-refractivity contribution in [2.45, 2.75) is 31.8 Å². The van der Waals surface area contributed by atoms with Crippen molar-refractivity contribution in [1.29, 1.82) is 0 Å². The van der Waals surface area contributed by atoms with E-state index in [1.165, 1.54) is 0 Å². The lowest BCUT2D eigenvalue weighted by Gasteiger charge is -2.31. The topological polar surface area (TPSA) is 72.9 Å². The number of methoxy groups -OCH3 is 3. The first kappa shape index (κ1) is 20.9. The van der Waals surface area contributed by atoms with Crippen LogP contribution in [0, 0.1) is 0 Å². The van der Waals surface area contributed by atoms with Gasteiger partial charge in [-0.25, -0.2) is 0 Å². The maximum absolute atomic E-state index is 13.6. The fraction of sp³-hybridized carbons (Fsp3) is 0.455. The third-order valence-electron chi connectivity index (χ3n) is 5.22. The van der Waals surface area contributed by atoms with Gasteiger partial charge in [0.15, 0.2) is 11.5 Å². The Kier molecular flexibility index (Phi) is 7.30. The van der Waals surface area contributed by atoms with Gasteiger partial charge in [-0.3, -0.25) is 9.78 Å². The van der Waals surface area contributed by atoms with Gasteiger partial charge in [-0.05, 0) is 56.6 Å². The smallest absolute Gasteiger partial charge is 0.254 e. The molecule has 1 amide bonds. The van der Waals surface area contributed by atoms with Crippen LogP contribution in [0.3, 0.4) is 0 Å². The second-order valence-electron chi connectivity index (χ2n) is 7.00. The maximum atomic E-state index is 13.6. The molecule has 2 heterocycles. The van der Waals surface area contributed by atoms with E-state index in [2.05, 4.69) is 10.3 Å². The highest BCUT2D eigenvalue weighted by Gasteiger charge is 2.28. The standard InChI is InChI=1S/C22H29N3O4/c1-27-19-13-16(14-20(28-2)21(19)29-3)22(26)25(15-17-7-4-5-11-24-17)18-8-6-10-23-12-9-18/h4-5,7,11,13-14,18,23H,6,8-10,12,15H2,1-3H3. The highest BCUT2D eigenvalue weighted by atomic mass is 16.5. The number of rotatable bonds is 7. The lowest BCUT2D eigenvalue weighted by molar-refractivity contribution is 0.0641. The van der Waals surface area contributed by atoms with Gasteiger partial charge in [0.05, 0.1) is 33.6 Å². The molecule has 0 radical (unpaired) electrons. The summed E-state index contributed by atoms with van der Waals surface area (Å²) in [4.78, 5) is 20.0. The summed E-state index contributed by atoms with van der Waals surface area (Å²) in [5.74, 6) is 1.34. The largest absolute Gasteiger partial charge is 0.493 e. The van der Waals surface area contributed by atoms with E-state index >= 15 is 0 Å². The van der Waals surface area contributed by atoms with E-state index in [9.17, 15) is 4.79 Å². The van der Waals surface area contributed by atoms with Gasteiger partial charge in [-0.2, -0.15) is 0 Å². The van der Waals surface area contributed by atoms with Crippen molar-refractivity contribution in [2.75, 3.05) is 34.4 Å². The summed E-state index contributed by atoms with van der Waals surface area (Å²) in [5, 5.41) is 3.42. The number of hydrogen-bond acceptors (Lipinski definition) is 6. The van der Waals surface area contributed by atoms with E-state index < -0.39 is 0 Å². The molecular formula is C22H29N3O4. The number of hydrogen-bond donors (Lipinski definition) is 1. The van der Waals surface area contributed by atoms with Crippen LogP contribution in [0.4, 0.5) is 0 Å². The third-order valence-corrected chi connectivity index (χ3v) is 5.22. The molecule has 1 fully saturated rings. The molecule has 0 spiro atoms. The van der Waals surface area contributed by atoms with Gasteiger partial charge in [-0.1, -0.05) is 6.07 Å². The molecule has 3 rings (SSSR count). The summed E-state index contributed by atoms with van der Waals surface area (Å²) < 4.78 is 16.3. The number of nitrogens with zero attached hydrogens (tertiary/aromatic N) is 2. The summed E-state index contributed by atoms with van der Waals surface area (Å²) in [6, 6.07) is 9.33. The second-order valence-corrected chi connectivity index (χ2v) is 7.00. The molecule has 1 aliphatic heterocycles. The molecule has 1 atom stereocenters. The Morgan fingerprint density at radius 3 is 2.48 bits per heavy atom. The summed E-state index contributed by atoms with van der Waals surface area (Å²) in [6.07, 6.45) is 4.65. The van der Waals surface area contributed by atoms with Gasteiger partial charge in [0, 0.05) is 17.8 Å². The Balaban J connectivity index is 1.97. The van der Waals surface area contributed by atoms with Gasteiger partial charge in [-0.15, -0.1) is 0 Å². The van der Waals surface area contributed by atoms with Gasteiger partial charge >= 0.3 is 0 Å². The molecule has 2 aromatic rings. The van der Waals surface area contributed by atoms with Crippen LogP contribution >= 0.6 is 0 Å². The van der Waals surface area contributed by atoms with Gasteiger partial charge in [0.1, 0.15) is 0 Å². The van der Waals surface area contributed by atoms with Crippen LogP contribution < -0.4 is 19.5 Å². The average Bonchev–Trinajstić information content (AvgIpc) is 3.06. The maximum Gasteiger partial charge on any atom is 0.254 e. The minimum absolute atomic E-state index is 0.0678. The summed E-state index contributed by atoms with van der Waals surface area (Å²) in [7, 11) is 4.65. The molecule has 1 aromatic heterocycles. The van der Waals surface area contributed by atoms with E-state index in [1.807, 2.05) is 23.1 Å². The fourth-order valence-corrected chi connectivity index (χ4v) is 3.72. The van der Waals surface area contributed by atoms with Crippen LogP contribution in [0.25, 0.3) is 0 Å². The van der Waals surface area contributed by atoms with Crippen LogP contribution in [-0.2, 0) is 6.54 Å². The van der Waals surface area contributed by atoms with Crippen LogP contribution in [0.5, 0.6) is 17.2 Å². The molecule has 1 unspecified atom stereocenters. The molecular weight excluding hydrogens is 370 g/mol. The van der Waals surface area contributed by atoms with Gasteiger partial charge < -0.3 is 24.4 Å². The van der Waals surface area contributed by atoms with E-state index in [-0.39, 0.29) is 11.9 Å². The van der Waals surface area contributed by atoms with Crippen LogP contribution in [-0.4, -0.2) is 56.3 Å². The SMILES string of the molecule is COc1cc(C(=O)N(Cc2ccccn2)C2CCCNCC2)cc(OC)c1OC. The number of nitrogens with one attached hydrogen (secondary N) is 1. The van der Waals surface area contributed by atoms with Gasteiger partial charge in [0.25, 0.3) is 5.91 Å². The van der Waals surface area contributed by atoms with Gasteiger partial charge in [0.2, 0.25) is 5.75 Å². The molecule has 0 aliphatic carbocycles. The number of benzene rings is 1. The van der Waals surface area contributed by atoms with Crippen molar-refractivity contribution >= 4 is 5.91 Å². The molecule has 0 bridgehead atoms. The number of carbonyl (C=O) groups is 1. The predicted molar refractivity (Wildman–Crippen MR) is 111 cm³/mol. The Morgan fingerprint density at radius 1 is 1.10 bits per heavy atom. The monoisotopic (exact) mass is 399 g/mol. The van der Waals surface area contributed by atoms with Crippen molar-refractivity contribution in [3.8, 4) is 17.2 Å². The predicted octanol–water partition coefficient (Wildman–Crippen LogP) is 2.89. The van der Waals surface area contributed by atoms with Crippen molar-refractivity contribution in [1.82, 2.24) is 15.2 Å². The van der Waals surface area contributed by atoms with E-state index in [4.69, 9.17) is 14.2 Å². The zero-order valence-electron chi connectivity index (χ0n) is 17.3. The first-order valence-electron chi connectivity index (χ1n) is 9.89. The normalized spacial score (nSPS) is 16.6. The summed E-state index contributed by atoms with van der Waals surface area (Å²) in [6.45, 7) is 2.33. The van der Waals surface area contributed by atoms with Crippen molar-refractivity contribution < 1.29 is 19.0 Å². The Bertz CT molecular complexity index is 780. The van der Waals surface area contributed by atoms with Crippen molar-refractivity contribution in [3.05, 3.63) is 47.8 Å². The summed E-state index contributed by atoms with van der Waals surface area (Å²) in [5.41, 5.74) is 1.37. The Morgan fingerprint density at radius 2 is 1.86 bits per heavy atom. The van der Waals surface area contributed by atoms with Crippen molar-refractivity contribution in [3.63, 3.8) is 0 Å². The highest BCUT2D eigenvalue weighted by Crippen LogP contribution is 2.38. The molecule has 1 N–H and O–H groups in total. The minimum Gasteiger partial charge on any atom is -0.493 e. The molecule has 7 nitrogen and oxygen atoms in total. The average molecular weight is 399 g/mol. The van der Waals surface area contributed by atoms with E-state index in [0.29, 0.717) is 29.4 Å². The third kappa shape index (κ3) is 4.98. The highest BCUT2D eigenvalue weighted by molar-refractivity contribution is 5.96. The molecule has 29 heavy (non-hydrogen) atoms. The van der Waals surface area contributed by atoms with Crippen LogP contribution in [0.2, 0.25) is 0 Å². The second kappa shape index (κ2) is 10.1. The first-order valence-corrected chi connectivity index (χ1v) is 9.89. The number of carbonyl (C=O) groups excluding carboxylic acids is 1. The fourth-order valence-electron chi connectivity index (χ4n) is 3.72. The number of aromatic nitrogens is 1. The minimum atomic E-state index is -0.0678. The molecule has 0 saturated carbocycles. The van der Waals surface area contributed by atoms with E-state index in [0.717, 1.165) is 38.0 Å². The first-order chi connectivity index (χ1) is 14.2. The Hall–Kier alpha value is -2.80. The number of amides is 1. The van der Waals surface area contributed by atoms with Crippen LogP contribution in [0.1, 0.15) is 35.3 Å². The quantitative estimate of drug-likeness (QED) is 0.772. The zero-order chi connectivity index (χ0) is 20.6. The number of pyridine rings is 1. The lowest BCUT2D eigenvalue weighted by atomic mass is 10.0. The molecule has 1 saturated heterocycles. The molecule has 156 valence electrons. The summed E-state index contributed by atoms with van der Waals surface area (Å²) >= 11 is 0. The zero-order valence-corrected chi connectivity index (χ0v) is 17.3. The van der Waals surface area contributed by atoms with E-state index in [1.54, 1.807) is 39.7 Å². The van der Waals surface area contributed by atoms with Crippen molar-refractivity contribution in [2.24, 2.45) is 0 Å². The lowest BCUT2D eigenvalue weighted by Crippen LogP contribution is -2.40. The Labute approximate surface area is 172 Å². The molecule has 1 aromatic carbocycles. The van der Waals surface area contributed by atoms with Crippen LogP contribution in [0.15, 0.2) is 36.5 Å². The number of ether oxygens (including phenoxy) is 3. The molecule has 1 aliphatic rings. The molecule has 7 heteroatoms.